The lowest BCUT2D eigenvalue weighted by atomic mass is 10.1. The molecule has 1 aliphatic rings. The quantitative estimate of drug-likeness (QED) is 0.912. The van der Waals surface area contributed by atoms with Crippen molar-refractivity contribution in [2.24, 2.45) is 11.7 Å². The highest BCUT2D eigenvalue weighted by Crippen LogP contribution is 2.23. The third-order valence-corrected chi connectivity index (χ3v) is 4.60. The highest BCUT2D eigenvalue weighted by atomic mass is 79.9. The maximum Gasteiger partial charge on any atom is 0.222 e. The summed E-state index contributed by atoms with van der Waals surface area (Å²) >= 11 is 9.45. The van der Waals surface area contributed by atoms with Crippen molar-refractivity contribution in [3.63, 3.8) is 0 Å². The predicted octanol–water partition coefficient (Wildman–Crippen LogP) is 2.84. The third kappa shape index (κ3) is 3.94. The van der Waals surface area contributed by atoms with Crippen molar-refractivity contribution < 1.29 is 4.79 Å². The molecule has 0 saturated carbocycles. The lowest BCUT2D eigenvalue weighted by Gasteiger charge is -2.16. The van der Waals surface area contributed by atoms with E-state index in [4.69, 9.17) is 17.3 Å². The van der Waals surface area contributed by atoms with Gasteiger partial charge in [0.2, 0.25) is 5.91 Å². The van der Waals surface area contributed by atoms with Crippen LogP contribution in [-0.4, -0.2) is 30.4 Å². The minimum atomic E-state index is 0.211. The Bertz CT molecular complexity index is 467. The van der Waals surface area contributed by atoms with Gasteiger partial charge >= 0.3 is 0 Å². The van der Waals surface area contributed by atoms with E-state index in [2.05, 4.69) is 15.9 Å². The van der Waals surface area contributed by atoms with Gasteiger partial charge in [0.1, 0.15) is 0 Å². The first kappa shape index (κ1) is 14.8. The van der Waals surface area contributed by atoms with Crippen LogP contribution in [0, 0.1) is 5.92 Å². The van der Waals surface area contributed by atoms with Gasteiger partial charge in [-0.1, -0.05) is 27.5 Å². The van der Waals surface area contributed by atoms with Gasteiger partial charge < -0.3 is 10.6 Å². The van der Waals surface area contributed by atoms with E-state index in [0.717, 1.165) is 29.5 Å². The summed E-state index contributed by atoms with van der Waals surface area (Å²) in [6, 6.07) is 5.66. The predicted molar refractivity (Wildman–Crippen MR) is 81.2 cm³/mol. The van der Waals surface area contributed by atoms with Gasteiger partial charge in [0.15, 0.2) is 0 Å². The van der Waals surface area contributed by atoms with Crippen LogP contribution in [0.2, 0.25) is 5.02 Å². The number of hydrogen-bond acceptors (Lipinski definition) is 2. The van der Waals surface area contributed by atoms with Crippen molar-refractivity contribution in [1.29, 1.82) is 0 Å². The Morgan fingerprint density at radius 3 is 3.00 bits per heavy atom. The zero-order valence-electron chi connectivity index (χ0n) is 10.7. The van der Waals surface area contributed by atoms with Gasteiger partial charge in [0, 0.05) is 29.0 Å². The molecule has 1 atom stereocenters. The van der Waals surface area contributed by atoms with Crippen LogP contribution in [-0.2, 0) is 11.2 Å². The van der Waals surface area contributed by atoms with E-state index in [1.165, 1.54) is 0 Å². The molecular formula is C14H18BrClN2O. The zero-order chi connectivity index (χ0) is 13.8. The molecule has 1 unspecified atom stereocenters. The van der Waals surface area contributed by atoms with Gasteiger partial charge in [-0.2, -0.15) is 0 Å². The van der Waals surface area contributed by atoms with E-state index in [1.807, 2.05) is 23.1 Å². The smallest absolute Gasteiger partial charge is 0.222 e. The number of rotatable bonds is 4. The monoisotopic (exact) mass is 344 g/mol. The molecule has 104 valence electrons. The number of carbonyl (C=O) groups is 1. The molecule has 1 amide bonds. The number of nitrogens with zero attached hydrogens (tertiary/aromatic N) is 1. The summed E-state index contributed by atoms with van der Waals surface area (Å²) in [5.41, 5.74) is 6.72. The summed E-state index contributed by atoms with van der Waals surface area (Å²) in [4.78, 5) is 14.0. The van der Waals surface area contributed by atoms with Crippen LogP contribution in [0.15, 0.2) is 22.7 Å². The molecule has 1 fully saturated rings. The molecular weight excluding hydrogens is 328 g/mol. The van der Waals surface area contributed by atoms with Crippen LogP contribution in [0.5, 0.6) is 0 Å². The molecule has 1 aromatic rings. The second-order valence-corrected chi connectivity index (χ2v) is 6.26. The fourth-order valence-corrected chi connectivity index (χ4v) is 3.03. The van der Waals surface area contributed by atoms with E-state index >= 15 is 0 Å². The fraction of sp³-hybridized carbons (Fsp3) is 0.500. The molecule has 0 spiro atoms. The first-order chi connectivity index (χ1) is 9.10. The van der Waals surface area contributed by atoms with Crippen molar-refractivity contribution in [2.75, 3.05) is 19.6 Å². The lowest BCUT2D eigenvalue weighted by molar-refractivity contribution is -0.130. The van der Waals surface area contributed by atoms with Gasteiger partial charge in [0.25, 0.3) is 0 Å². The average Bonchev–Trinajstić information content (AvgIpc) is 2.88. The van der Waals surface area contributed by atoms with Crippen molar-refractivity contribution in [2.45, 2.75) is 19.3 Å². The van der Waals surface area contributed by atoms with Gasteiger partial charge in [-0.25, -0.2) is 0 Å². The molecule has 0 aliphatic carbocycles. The summed E-state index contributed by atoms with van der Waals surface area (Å²) in [5, 5.41) is 0.704. The third-order valence-electron chi connectivity index (χ3n) is 3.59. The molecule has 1 aromatic carbocycles. The number of hydrogen-bond donors (Lipinski definition) is 1. The lowest BCUT2D eigenvalue weighted by Crippen LogP contribution is -2.30. The Kier molecular flexibility index (Phi) is 5.25. The second kappa shape index (κ2) is 6.73. The number of benzene rings is 1. The number of aryl methyl sites for hydroxylation is 1. The van der Waals surface area contributed by atoms with E-state index in [9.17, 15) is 4.79 Å². The van der Waals surface area contributed by atoms with Crippen molar-refractivity contribution in [3.05, 3.63) is 33.3 Å². The number of halogens is 2. The summed E-state index contributed by atoms with van der Waals surface area (Å²) < 4.78 is 1.01. The maximum absolute atomic E-state index is 12.1. The molecule has 1 heterocycles. The molecule has 5 heteroatoms. The first-order valence-corrected chi connectivity index (χ1v) is 7.69. The van der Waals surface area contributed by atoms with Crippen LogP contribution in [0.4, 0.5) is 0 Å². The molecule has 3 nitrogen and oxygen atoms in total. The molecule has 1 aliphatic heterocycles. The normalized spacial score (nSPS) is 18.9. The summed E-state index contributed by atoms with van der Waals surface area (Å²) in [7, 11) is 0. The second-order valence-electron chi connectivity index (χ2n) is 4.97. The number of amides is 1. The Labute approximate surface area is 127 Å². The van der Waals surface area contributed by atoms with Crippen LogP contribution in [0.1, 0.15) is 18.4 Å². The molecule has 0 aromatic heterocycles. The maximum atomic E-state index is 12.1. The summed E-state index contributed by atoms with van der Waals surface area (Å²) in [5.74, 6) is 0.685. The van der Waals surface area contributed by atoms with Gasteiger partial charge in [0.05, 0.1) is 0 Å². The average molecular weight is 346 g/mol. The van der Waals surface area contributed by atoms with Gasteiger partial charge in [-0.05, 0) is 49.1 Å². The highest BCUT2D eigenvalue weighted by molar-refractivity contribution is 9.10. The molecule has 0 radical (unpaired) electrons. The van der Waals surface area contributed by atoms with Crippen LogP contribution in [0.3, 0.4) is 0 Å². The van der Waals surface area contributed by atoms with Gasteiger partial charge in [-0.15, -0.1) is 0 Å². The van der Waals surface area contributed by atoms with E-state index in [-0.39, 0.29) is 5.91 Å². The van der Waals surface area contributed by atoms with E-state index in [0.29, 0.717) is 30.3 Å². The van der Waals surface area contributed by atoms with Crippen molar-refractivity contribution in [1.82, 2.24) is 4.90 Å². The van der Waals surface area contributed by atoms with Crippen molar-refractivity contribution in [3.8, 4) is 0 Å². The highest BCUT2D eigenvalue weighted by Gasteiger charge is 2.24. The molecule has 2 rings (SSSR count). The van der Waals surface area contributed by atoms with Crippen LogP contribution in [0.25, 0.3) is 0 Å². The first-order valence-electron chi connectivity index (χ1n) is 6.52. The topological polar surface area (TPSA) is 46.3 Å². The Balaban J connectivity index is 1.88. The SMILES string of the molecule is NCC1CCN(C(=O)CCc2cc(Cl)ccc2Br)C1. The fourth-order valence-electron chi connectivity index (χ4n) is 2.39. The minimum Gasteiger partial charge on any atom is -0.342 e. The summed E-state index contributed by atoms with van der Waals surface area (Å²) in [6.07, 6.45) is 2.27. The molecule has 2 N–H and O–H groups in total. The Morgan fingerprint density at radius 1 is 1.53 bits per heavy atom. The number of carbonyl (C=O) groups excluding carboxylic acids is 1. The molecule has 19 heavy (non-hydrogen) atoms. The minimum absolute atomic E-state index is 0.211. The van der Waals surface area contributed by atoms with Gasteiger partial charge in [-0.3, -0.25) is 4.79 Å². The standard InChI is InChI=1S/C14H18BrClN2O/c15-13-3-2-12(16)7-11(13)1-4-14(19)18-6-5-10(8-17)9-18/h2-3,7,10H,1,4-6,8-9,17H2. The van der Waals surface area contributed by atoms with Crippen LogP contribution < -0.4 is 5.73 Å². The van der Waals surface area contributed by atoms with Crippen LogP contribution >= 0.6 is 27.5 Å². The largest absolute Gasteiger partial charge is 0.342 e. The Hall–Kier alpha value is -0.580. The summed E-state index contributed by atoms with van der Waals surface area (Å²) in [6.45, 7) is 2.33. The van der Waals surface area contributed by atoms with Crippen molar-refractivity contribution >= 4 is 33.4 Å². The van der Waals surface area contributed by atoms with E-state index < -0.39 is 0 Å². The number of nitrogens with two attached hydrogens (primary N) is 1. The molecule has 1 saturated heterocycles. The zero-order valence-corrected chi connectivity index (χ0v) is 13.1. The number of likely N-dealkylation sites (tertiary alicyclic amines) is 1. The molecule has 0 bridgehead atoms. The Morgan fingerprint density at radius 2 is 2.32 bits per heavy atom. The van der Waals surface area contributed by atoms with E-state index in [1.54, 1.807) is 0 Å².